The van der Waals surface area contributed by atoms with Gasteiger partial charge in [0.1, 0.15) is 12.4 Å². The van der Waals surface area contributed by atoms with Crippen LogP contribution >= 0.6 is 0 Å². The van der Waals surface area contributed by atoms with E-state index in [9.17, 15) is 9.59 Å². The molecule has 1 saturated heterocycles. The van der Waals surface area contributed by atoms with E-state index in [1.54, 1.807) is 4.90 Å². The Morgan fingerprint density at radius 1 is 1.32 bits per heavy atom. The SMILES string of the molecule is O=C(O)CC1CN(C(=O)C2COc3ccccc3C2)CCO1. The third-order valence-electron chi connectivity index (χ3n) is 4.08. The number of aliphatic carboxylic acids is 1. The molecule has 2 aliphatic heterocycles. The van der Waals surface area contributed by atoms with E-state index < -0.39 is 12.1 Å². The second kappa shape index (κ2) is 6.36. The summed E-state index contributed by atoms with van der Waals surface area (Å²) in [6.07, 6.45) is 0.163. The van der Waals surface area contributed by atoms with Gasteiger partial charge < -0.3 is 19.5 Å². The molecule has 2 aliphatic rings. The molecule has 0 saturated carbocycles. The molecule has 2 unspecified atom stereocenters. The number of carbonyl (C=O) groups excluding carboxylic acids is 1. The van der Waals surface area contributed by atoms with Crippen LogP contribution in [0.2, 0.25) is 0 Å². The van der Waals surface area contributed by atoms with Crippen molar-refractivity contribution in [3.05, 3.63) is 29.8 Å². The normalized spacial score (nSPS) is 24.3. The molecular formula is C16H19NO5. The molecule has 1 amide bonds. The van der Waals surface area contributed by atoms with E-state index in [0.717, 1.165) is 11.3 Å². The molecule has 2 atom stereocenters. The van der Waals surface area contributed by atoms with Crippen LogP contribution in [-0.2, 0) is 20.7 Å². The van der Waals surface area contributed by atoms with Crippen LogP contribution in [0.15, 0.2) is 24.3 Å². The van der Waals surface area contributed by atoms with Gasteiger partial charge in [0, 0.05) is 13.1 Å². The minimum atomic E-state index is -0.908. The number of fused-ring (bicyclic) bond motifs is 1. The van der Waals surface area contributed by atoms with Gasteiger partial charge in [0.15, 0.2) is 0 Å². The average Bonchev–Trinajstić information content (AvgIpc) is 2.53. The summed E-state index contributed by atoms with van der Waals surface area (Å²) in [5.41, 5.74) is 1.04. The summed E-state index contributed by atoms with van der Waals surface area (Å²) in [5, 5.41) is 8.85. The number of rotatable bonds is 3. The first-order valence-electron chi connectivity index (χ1n) is 7.46. The van der Waals surface area contributed by atoms with Crippen molar-refractivity contribution in [2.24, 2.45) is 5.92 Å². The molecule has 0 bridgehead atoms. The number of morpholine rings is 1. The maximum absolute atomic E-state index is 12.6. The Bertz CT molecular complexity index is 573. The number of carbonyl (C=O) groups is 2. The van der Waals surface area contributed by atoms with Gasteiger partial charge in [-0.25, -0.2) is 0 Å². The number of nitrogens with zero attached hydrogens (tertiary/aromatic N) is 1. The smallest absolute Gasteiger partial charge is 0.306 e. The molecule has 22 heavy (non-hydrogen) atoms. The first kappa shape index (κ1) is 14.8. The van der Waals surface area contributed by atoms with E-state index in [1.807, 2.05) is 24.3 Å². The van der Waals surface area contributed by atoms with Gasteiger partial charge in [-0.1, -0.05) is 18.2 Å². The molecule has 0 spiro atoms. The molecule has 6 heteroatoms. The molecule has 1 aromatic rings. The number of carboxylic acid groups (broad SMARTS) is 1. The Labute approximate surface area is 128 Å². The van der Waals surface area contributed by atoms with Gasteiger partial charge in [-0.05, 0) is 18.1 Å². The molecule has 6 nitrogen and oxygen atoms in total. The van der Waals surface area contributed by atoms with Crippen LogP contribution in [0.4, 0.5) is 0 Å². The third kappa shape index (κ3) is 3.22. The topological polar surface area (TPSA) is 76.1 Å². The number of hydrogen-bond donors (Lipinski definition) is 1. The van der Waals surface area contributed by atoms with Crippen molar-refractivity contribution in [1.82, 2.24) is 4.90 Å². The van der Waals surface area contributed by atoms with E-state index in [-0.39, 0.29) is 18.2 Å². The van der Waals surface area contributed by atoms with Crippen molar-refractivity contribution < 1.29 is 24.2 Å². The van der Waals surface area contributed by atoms with Crippen LogP contribution in [0.1, 0.15) is 12.0 Å². The van der Waals surface area contributed by atoms with Crippen LogP contribution in [0.25, 0.3) is 0 Å². The van der Waals surface area contributed by atoms with Crippen molar-refractivity contribution in [3.63, 3.8) is 0 Å². The van der Waals surface area contributed by atoms with Crippen molar-refractivity contribution in [2.45, 2.75) is 18.9 Å². The molecule has 2 heterocycles. The van der Waals surface area contributed by atoms with Crippen molar-refractivity contribution in [2.75, 3.05) is 26.3 Å². The van der Waals surface area contributed by atoms with E-state index in [2.05, 4.69) is 0 Å². The summed E-state index contributed by atoms with van der Waals surface area (Å²) in [6, 6.07) is 7.74. The van der Waals surface area contributed by atoms with Crippen LogP contribution in [0, 0.1) is 5.92 Å². The lowest BCUT2D eigenvalue weighted by molar-refractivity contribution is -0.150. The summed E-state index contributed by atoms with van der Waals surface area (Å²) < 4.78 is 11.1. The predicted molar refractivity (Wildman–Crippen MR) is 77.7 cm³/mol. The fourth-order valence-corrected chi connectivity index (χ4v) is 2.98. The van der Waals surface area contributed by atoms with Crippen LogP contribution in [0.3, 0.4) is 0 Å². The van der Waals surface area contributed by atoms with Crippen LogP contribution < -0.4 is 4.74 Å². The molecule has 0 aromatic heterocycles. The van der Waals surface area contributed by atoms with E-state index >= 15 is 0 Å². The van der Waals surface area contributed by atoms with Crippen LogP contribution in [-0.4, -0.2) is 54.3 Å². The first-order chi connectivity index (χ1) is 10.6. The second-order valence-electron chi connectivity index (χ2n) is 5.69. The Kier molecular flexibility index (Phi) is 4.29. The fourth-order valence-electron chi connectivity index (χ4n) is 2.98. The Morgan fingerprint density at radius 3 is 2.95 bits per heavy atom. The highest BCUT2D eigenvalue weighted by atomic mass is 16.5. The predicted octanol–water partition coefficient (Wildman–Crippen LogP) is 0.940. The van der Waals surface area contributed by atoms with Crippen LogP contribution in [0.5, 0.6) is 5.75 Å². The minimum Gasteiger partial charge on any atom is -0.492 e. The van der Waals surface area contributed by atoms with Gasteiger partial charge in [0.2, 0.25) is 5.91 Å². The molecule has 1 N–H and O–H groups in total. The lowest BCUT2D eigenvalue weighted by Crippen LogP contribution is -2.50. The summed E-state index contributed by atoms with van der Waals surface area (Å²) in [7, 11) is 0. The lowest BCUT2D eigenvalue weighted by Gasteiger charge is -2.35. The molecular weight excluding hydrogens is 286 g/mol. The van der Waals surface area contributed by atoms with Gasteiger partial charge in [0.25, 0.3) is 0 Å². The standard InChI is InChI=1S/C16H19NO5/c18-15(19)8-13-9-17(5-6-21-13)16(20)12-7-11-3-1-2-4-14(11)22-10-12/h1-4,12-13H,5-10H2,(H,18,19). The summed E-state index contributed by atoms with van der Waals surface area (Å²) in [5.74, 6) is -0.252. The zero-order chi connectivity index (χ0) is 15.5. The monoisotopic (exact) mass is 305 g/mol. The van der Waals surface area contributed by atoms with E-state index in [4.69, 9.17) is 14.6 Å². The van der Waals surface area contributed by atoms with Crippen molar-refractivity contribution >= 4 is 11.9 Å². The summed E-state index contributed by atoms with van der Waals surface area (Å²) in [6.45, 7) is 1.60. The number of benzene rings is 1. The Balaban J connectivity index is 1.63. The number of para-hydroxylation sites is 1. The molecule has 1 fully saturated rings. The van der Waals surface area contributed by atoms with E-state index in [0.29, 0.717) is 32.7 Å². The highest BCUT2D eigenvalue weighted by molar-refractivity contribution is 5.80. The Hall–Kier alpha value is -2.08. The maximum Gasteiger partial charge on any atom is 0.306 e. The van der Waals surface area contributed by atoms with Crippen molar-refractivity contribution in [1.29, 1.82) is 0 Å². The quantitative estimate of drug-likeness (QED) is 0.899. The van der Waals surface area contributed by atoms with Crippen molar-refractivity contribution in [3.8, 4) is 5.75 Å². The average molecular weight is 305 g/mol. The maximum atomic E-state index is 12.6. The zero-order valence-electron chi connectivity index (χ0n) is 12.2. The number of ether oxygens (including phenoxy) is 2. The number of carboxylic acids is 1. The molecule has 0 aliphatic carbocycles. The highest BCUT2D eigenvalue weighted by Gasteiger charge is 2.33. The lowest BCUT2D eigenvalue weighted by atomic mass is 9.95. The molecule has 3 rings (SSSR count). The van der Waals surface area contributed by atoms with Gasteiger partial charge in [-0.3, -0.25) is 9.59 Å². The number of hydrogen-bond acceptors (Lipinski definition) is 4. The van der Waals surface area contributed by atoms with Gasteiger partial charge in [0.05, 0.1) is 25.0 Å². The van der Waals surface area contributed by atoms with Gasteiger partial charge in [-0.2, -0.15) is 0 Å². The summed E-state index contributed by atoms with van der Waals surface area (Å²) in [4.78, 5) is 25.1. The van der Waals surface area contributed by atoms with Gasteiger partial charge in [-0.15, -0.1) is 0 Å². The summed E-state index contributed by atoms with van der Waals surface area (Å²) >= 11 is 0. The molecule has 118 valence electrons. The largest absolute Gasteiger partial charge is 0.492 e. The molecule has 1 aromatic carbocycles. The Morgan fingerprint density at radius 2 is 2.14 bits per heavy atom. The molecule has 0 radical (unpaired) electrons. The van der Waals surface area contributed by atoms with Gasteiger partial charge >= 0.3 is 5.97 Å². The highest BCUT2D eigenvalue weighted by Crippen LogP contribution is 2.28. The first-order valence-corrected chi connectivity index (χ1v) is 7.46. The minimum absolute atomic E-state index is 0.0215. The third-order valence-corrected chi connectivity index (χ3v) is 4.08. The van der Waals surface area contributed by atoms with E-state index in [1.165, 1.54) is 0 Å². The zero-order valence-corrected chi connectivity index (χ0v) is 12.2. The second-order valence-corrected chi connectivity index (χ2v) is 5.69. The fraction of sp³-hybridized carbons (Fsp3) is 0.500. The number of amides is 1.